The van der Waals surface area contributed by atoms with Gasteiger partial charge in [0.05, 0.1) is 24.7 Å². The lowest BCUT2D eigenvalue weighted by molar-refractivity contribution is 0.115. The Morgan fingerprint density at radius 3 is 1.53 bits per heavy atom. The highest BCUT2D eigenvalue weighted by molar-refractivity contribution is 4.93. The largest absolute Gasteiger partial charge is 0.467 e. The van der Waals surface area contributed by atoms with Gasteiger partial charge in [-0.3, -0.25) is 0 Å². The summed E-state index contributed by atoms with van der Waals surface area (Å²) >= 11 is 0. The summed E-state index contributed by atoms with van der Waals surface area (Å²) in [4.78, 5) is 0. The Morgan fingerprint density at radius 1 is 0.765 bits per heavy atom. The van der Waals surface area contributed by atoms with Gasteiger partial charge in [-0.15, -0.1) is 0 Å². The van der Waals surface area contributed by atoms with Gasteiger partial charge in [0.25, 0.3) is 0 Å². The molecule has 0 amide bonds. The summed E-state index contributed by atoms with van der Waals surface area (Å²) < 4.78 is 16.2. The summed E-state index contributed by atoms with van der Waals surface area (Å²) in [6.45, 7) is 14.7. The molecule has 3 nitrogen and oxygen atoms in total. The van der Waals surface area contributed by atoms with E-state index in [0.717, 1.165) is 38.9 Å². The molecule has 0 saturated carbocycles. The molecule has 0 aliphatic rings. The van der Waals surface area contributed by atoms with Crippen LogP contribution in [0.3, 0.4) is 0 Å². The fourth-order valence-corrected chi connectivity index (χ4v) is 1.17. The van der Waals surface area contributed by atoms with E-state index in [-0.39, 0.29) is 0 Å². The lowest BCUT2D eigenvalue weighted by atomic mass is 10.3. The van der Waals surface area contributed by atoms with Crippen molar-refractivity contribution in [2.24, 2.45) is 0 Å². The number of hydrogen-bond donors (Lipinski definition) is 0. The molecule has 0 aliphatic carbocycles. The zero-order valence-electron chi connectivity index (χ0n) is 11.3. The average Bonchev–Trinajstić information content (AvgIpc) is 2.30. The minimum Gasteiger partial charge on any atom is -0.467 e. The van der Waals surface area contributed by atoms with Crippen LogP contribution in [0, 0.1) is 0 Å². The van der Waals surface area contributed by atoms with E-state index >= 15 is 0 Å². The molecule has 0 spiro atoms. The van der Waals surface area contributed by atoms with Gasteiger partial charge in [0.15, 0.2) is 0 Å². The van der Waals surface area contributed by atoms with Gasteiger partial charge >= 0.3 is 0 Å². The first kappa shape index (κ1) is 16.2. The van der Waals surface area contributed by atoms with E-state index in [9.17, 15) is 0 Å². The van der Waals surface area contributed by atoms with Crippen molar-refractivity contribution < 1.29 is 14.2 Å². The Kier molecular flexibility index (Phi) is 11.1. The molecular weight excluding hydrogens is 216 g/mol. The summed E-state index contributed by atoms with van der Waals surface area (Å²) in [5, 5.41) is 0. The first-order chi connectivity index (χ1) is 8.20. The second-order valence-corrected chi connectivity index (χ2v) is 3.90. The van der Waals surface area contributed by atoms with E-state index in [1.165, 1.54) is 0 Å². The number of ether oxygens (including phenoxy) is 3. The Morgan fingerprint density at radius 2 is 1.18 bits per heavy atom. The molecule has 0 fully saturated rings. The maximum atomic E-state index is 5.46. The molecule has 0 bridgehead atoms. The Hall–Kier alpha value is -0.800. The van der Waals surface area contributed by atoms with Crippen LogP contribution in [-0.2, 0) is 14.2 Å². The van der Waals surface area contributed by atoms with E-state index in [1.807, 2.05) is 0 Å². The summed E-state index contributed by atoms with van der Waals surface area (Å²) in [6, 6.07) is 0. The first-order valence-electron chi connectivity index (χ1n) is 6.39. The van der Waals surface area contributed by atoms with E-state index in [4.69, 9.17) is 14.2 Å². The standard InChI is InChI=1S/C14H26O3/c1-5-9-15-11-7-13(3)17-14(4)8-12-16-10-6-2/h3-12H2,1-2H3. The molecule has 100 valence electrons. The molecule has 17 heavy (non-hydrogen) atoms. The van der Waals surface area contributed by atoms with Crippen LogP contribution in [0.25, 0.3) is 0 Å². The summed E-state index contributed by atoms with van der Waals surface area (Å²) in [6.07, 6.45) is 3.51. The van der Waals surface area contributed by atoms with Crippen LogP contribution in [-0.4, -0.2) is 26.4 Å². The Labute approximate surface area is 105 Å². The van der Waals surface area contributed by atoms with Crippen LogP contribution in [0.1, 0.15) is 39.5 Å². The highest BCUT2D eigenvalue weighted by Gasteiger charge is 2.00. The monoisotopic (exact) mass is 242 g/mol. The van der Waals surface area contributed by atoms with Crippen LogP contribution in [0.2, 0.25) is 0 Å². The summed E-state index contributed by atoms with van der Waals surface area (Å²) in [5.41, 5.74) is 0. The Balaban J connectivity index is 3.42. The molecule has 0 aromatic rings. The number of hydrogen-bond acceptors (Lipinski definition) is 3. The Bertz CT molecular complexity index is 190. The van der Waals surface area contributed by atoms with Gasteiger partial charge in [-0.25, -0.2) is 0 Å². The normalized spacial score (nSPS) is 10.2. The van der Waals surface area contributed by atoms with Gasteiger partial charge in [0.1, 0.15) is 0 Å². The maximum Gasteiger partial charge on any atom is 0.0987 e. The second-order valence-electron chi connectivity index (χ2n) is 3.90. The van der Waals surface area contributed by atoms with Crippen molar-refractivity contribution in [3.05, 3.63) is 24.7 Å². The van der Waals surface area contributed by atoms with Gasteiger partial charge in [0, 0.05) is 26.1 Å². The SMILES string of the molecule is C=C(CCOCCC)OC(=C)CCOCCC. The third-order valence-corrected chi connectivity index (χ3v) is 2.04. The van der Waals surface area contributed by atoms with Crippen LogP contribution in [0.5, 0.6) is 0 Å². The molecule has 0 N–H and O–H groups in total. The van der Waals surface area contributed by atoms with Crippen molar-refractivity contribution >= 4 is 0 Å². The minimum absolute atomic E-state index is 0.659. The van der Waals surface area contributed by atoms with E-state index in [0.29, 0.717) is 24.7 Å². The van der Waals surface area contributed by atoms with Crippen LogP contribution in [0.4, 0.5) is 0 Å². The van der Waals surface area contributed by atoms with Gasteiger partial charge < -0.3 is 14.2 Å². The lowest BCUT2D eigenvalue weighted by Crippen LogP contribution is -2.02. The van der Waals surface area contributed by atoms with Gasteiger partial charge in [-0.2, -0.15) is 0 Å². The molecule has 0 aromatic heterocycles. The lowest BCUT2D eigenvalue weighted by Gasteiger charge is -2.11. The van der Waals surface area contributed by atoms with Crippen molar-refractivity contribution in [1.29, 1.82) is 0 Å². The molecule has 0 aliphatic heterocycles. The molecule has 0 aromatic carbocycles. The smallest absolute Gasteiger partial charge is 0.0987 e. The summed E-state index contributed by atoms with van der Waals surface area (Å²) in [5.74, 6) is 1.42. The zero-order valence-corrected chi connectivity index (χ0v) is 11.3. The maximum absolute atomic E-state index is 5.46. The van der Waals surface area contributed by atoms with Crippen molar-refractivity contribution in [3.8, 4) is 0 Å². The topological polar surface area (TPSA) is 27.7 Å². The molecule has 0 heterocycles. The predicted molar refractivity (Wildman–Crippen MR) is 70.8 cm³/mol. The van der Waals surface area contributed by atoms with Crippen molar-refractivity contribution in [2.45, 2.75) is 39.5 Å². The quantitative estimate of drug-likeness (QED) is 0.386. The summed E-state index contributed by atoms with van der Waals surface area (Å²) in [7, 11) is 0. The molecule has 3 heteroatoms. The highest BCUT2D eigenvalue weighted by atomic mass is 16.5. The third kappa shape index (κ3) is 11.5. The molecule has 0 saturated heterocycles. The number of rotatable bonds is 12. The average molecular weight is 242 g/mol. The molecule has 0 atom stereocenters. The van der Waals surface area contributed by atoms with Crippen molar-refractivity contribution in [3.63, 3.8) is 0 Å². The van der Waals surface area contributed by atoms with Gasteiger partial charge in [-0.05, 0) is 12.8 Å². The fraction of sp³-hybridized carbons (Fsp3) is 0.714. The highest BCUT2D eigenvalue weighted by Crippen LogP contribution is 2.10. The second kappa shape index (κ2) is 11.7. The molecule has 0 unspecified atom stereocenters. The van der Waals surface area contributed by atoms with Crippen LogP contribution >= 0.6 is 0 Å². The predicted octanol–water partition coefficient (Wildman–Crippen LogP) is 3.66. The minimum atomic E-state index is 0.659. The third-order valence-electron chi connectivity index (χ3n) is 2.04. The van der Waals surface area contributed by atoms with Crippen molar-refractivity contribution in [2.75, 3.05) is 26.4 Å². The van der Waals surface area contributed by atoms with Gasteiger partial charge in [0.2, 0.25) is 0 Å². The molecule has 0 radical (unpaired) electrons. The van der Waals surface area contributed by atoms with E-state index < -0.39 is 0 Å². The van der Waals surface area contributed by atoms with E-state index in [2.05, 4.69) is 27.0 Å². The van der Waals surface area contributed by atoms with Crippen LogP contribution in [0.15, 0.2) is 24.7 Å². The fourth-order valence-electron chi connectivity index (χ4n) is 1.17. The van der Waals surface area contributed by atoms with Gasteiger partial charge in [-0.1, -0.05) is 27.0 Å². The molecular formula is C14H26O3. The first-order valence-corrected chi connectivity index (χ1v) is 6.39. The molecule has 0 rings (SSSR count). The van der Waals surface area contributed by atoms with Crippen molar-refractivity contribution in [1.82, 2.24) is 0 Å². The van der Waals surface area contributed by atoms with E-state index in [1.54, 1.807) is 0 Å². The zero-order chi connectivity index (χ0) is 12.9. The van der Waals surface area contributed by atoms with Crippen LogP contribution < -0.4 is 0 Å².